The van der Waals surface area contributed by atoms with Crippen LogP contribution < -0.4 is 25.4 Å². The Balaban J connectivity index is 1.82. The van der Waals surface area contributed by atoms with Crippen LogP contribution in [-0.4, -0.2) is 85.2 Å². The van der Waals surface area contributed by atoms with Gasteiger partial charge in [-0.1, -0.05) is 5.16 Å². The second-order valence-electron chi connectivity index (χ2n) is 5.34. The number of rotatable bonds is 5. The Morgan fingerprint density at radius 1 is 1.00 bits per heavy atom. The van der Waals surface area contributed by atoms with Crippen molar-refractivity contribution in [3.05, 3.63) is 0 Å². The van der Waals surface area contributed by atoms with Gasteiger partial charge in [0.25, 0.3) is 0 Å². The lowest BCUT2D eigenvalue weighted by molar-refractivity contribution is -0.739. The molecule has 0 aromatic carbocycles. The summed E-state index contributed by atoms with van der Waals surface area (Å²) in [6.07, 6.45) is 0. The summed E-state index contributed by atoms with van der Waals surface area (Å²) in [7, 11) is 0. The number of nitrogens with two attached hydrogens (primary N) is 1. The van der Waals surface area contributed by atoms with Crippen molar-refractivity contribution in [2.24, 2.45) is 5.73 Å². The Bertz CT molecular complexity index is 537. The number of anilines is 2. The zero-order valence-electron chi connectivity index (χ0n) is 13.3. The lowest BCUT2D eigenvalue weighted by Gasteiger charge is -2.30. The highest BCUT2D eigenvalue weighted by Gasteiger charge is 2.21. The van der Waals surface area contributed by atoms with E-state index in [1.165, 1.54) is 0 Å². The number of hydrogen-bond donors (Lipinski definition) is 3. The van der Waals surface area contributed by atoms with Crippen molar-refractivity contribution in [3.63, 3.8) is 0 Å². The molecule has 1 aromatic heterocycles. The fourth-order valence-electron chi connectivity index (χ4n) is 2.38. The maximum atomic E-state index is 8.74. The van der Waals surface area contributed by atoms with Gasteiger partial charge in [-0.3, -0.25) is 5.73 Å². The first-order chi connectivity index (χ1) is 11.8. The first-order valence-corrected chi connectivity index (χ1v) is 7.82. The smallest absolute Gasteiger partial charge is 0.323 e. The number of hydrogen-bond acceptors (Lipinski definition) is 9. The molecule has 0 amide bonds. The van der Waals surface area contributed by atoms with Gasteiger partial charge in [-0.15, -0.1) is 0 Å². The summed E-state index contributed by atoms with van der Waals surface area (Å²) in [5, 5.41) is 10.6. The summed E-state index contributed by atoms with van der Waals surface area (Å²) in [5.74, 6) is 1.15. The quantitative estimate of drug-likeness (QED) is 0.217. The van der Waals surface area contributed by atoms with E-state index < -0.39 is 0 Å². The Labute approximate surface area is 139 Å². The Kier molecular flexibility index (Phi) is 5.43. The van der Waals surface area contributed by atoms with Crippen LogP contribution in [0.3, 0.4) is 0 Å². The molecule has 0 spiro atoms. The van der Waals surface area contributed by atoms with E-state index in [9.17, 15) is 0 Å². The number of amidine groups is 1. The number of aromatic nitrogens is 3. The average Bonchev–Trinajstić information content (AvgIpc) is 2.67. The summed E-state index contributed by atoms with van der Waals surface area (Å²) in [4.78, 5) is 17.3. The van der Waals surface area contributed by atoms with Crippen molar-refractivity contribution >= 4 is 17.7 Å². The first kappa shape index (κ1) is 16.5. The molecule has 11 heteroatoms. The van der Waals surface area contributed by atoms with Gasteiger partial charge in [-0.05, 0) is 0 Å². The molecule has 2 fully saturated rings. The Morgan fingerprint density at radius 2 is 1.50 bits per heavy atom. The molecule has 0 saturated carbocycles. The van der Waals surface area contributed by atoms with Crippen LogP contribution in [0.5, 0.6) is 6.01 Å². The van der Waals surface area contributed by atoms with Crippen molar-refractivity contribution in [3.8, 4) is 6.01 Å². The van der Waals surface area contributed by atoms with Crippen LogP contribution in [0.2, 0.25) is 0 Å². The normalized spacial score (nSPS) is 19.4. The number of morpholine rings is 2. The van der Waals surface area contributed by atoms with Crippen LogP contribution in [0.1, 0.15) is 0 Å². The van der Waals surface area contributed by atoms with Gasteiger partial charge in [0.05, 0.1) is 26.4 Å². The van der Waals surface area contributed by atoms with E-state index in [0.29, 0.717) is 64.5 Å². The summed E-state index contributed by atoms with van der Waals surface area (Å²) in [6.45, 7) is 5.29. The van der Waals surface area contributed by atoms with Crippen LogP contribution >= 0.6 is 0 Å². The van der Waals surface area contributed by atoms with E-state index in [1.54, 1.807) is 0 Å². The molecule has 2 aliphatic heterocycles. The molecular formula is C13H22N7O4+. The van der Waals surface area contributed by atoms with Gasteiger partial charge in [0.2, 0.25) is 11.9 Å². The minimum atomic E-state index is -0.0500. The third-order valence-corrected chi connectivity index (χ3v) is 3.68. The monoisotopic (exact) mass is 340 g/mol. The van der Waals surface area contributed by atoms with Crippen LogP contribution in [0.15, 0.2) is 0 Å². The van der Waals surface area contributed by atoms with E-state index in [-0.39, 0.29) is 18.5 Å². The Morgan fingerprint density at radius 3 is 1.96 bits per heavy atom. The summed E-state index contributed by atoms with van der Waals surface area (Å²) in [6, 6.07) is 0.159. The van der Waals surface area contributed by atoms with Gasteiger partial charge in [0.1, 0.15) is 0 Å². The molecule has 24 heavy (non-hydrogen) atoms. The van der Waals surface area contributed by atoms with Crippen LogP contribution in [-0.2, 0) is 9.47 Å². The van der Waals surface area contributed by atoms with E-state index in [0.717, 1.165) is 0 Å². The van der Waals surface area contributed by atoms with Crippen molar-refractivity contribution in [2.75, 3.05) is 69.0 Å². The predicted molar refractivity (Wildman–Crippen MR) is 83.3 cm³/mol. The van der Waals surface area contributed by atoms with Gasteiger partial charge >= 0.3 is 11.8 Å². The minimum absolute atomic E-state index is 0.0500. The van der Waals surface area contributed by atoms with Crippen molar-refractivity contribution in [1.29, 1.82) is 0 Å². The molecule has 4 N–H and O–H groups in total. The van der Waals surface area contributed by atoms with E-state index in [1.807, 2.05) is 15.0 Å². The molecule has 0 radical (unpaired) electrons. The van der Waals surface area contributed by atoms with Gasteiger partial charge in [-0.2, -0.15) is 15.0 Å². The largest absolute Gasteiger partial charge is 0.450 e. The van der Waals surface area contributed by atoms with Gasteiger partial charge in [0.15, 0.2) is 6.61 Å². The highest BCUT2D eigenvalue weighted by Crippen LogP contribution is 2.19. The maximum Gasteiger partial charge on any atom is 0.323 e. The molecule has 3 heterocycles. The zero-order chi connectivity index (χ0) is 16.8. The lowest BCUT2D eigenvalue weighted by atomic mass is 10.4. The second-order valence-corrected chi connectivity index (χ2v) is 5.34. The highest BCUT2D eigenvalue weighted by molar-refractivity contribution is 5.75. The molecule has 2 saturated heterocycles. The number of nitrogens with zero attached hydrogens (tertiary/aromatic N) is 5. The molecule has 3 rings (SSSR count). The third-order valence-electron chi connectivity index (χ3n) is 3.68. The highest BCUT2D eigenvalue weighted by atomic mass is 16.5. The van der Waals surface area contributed by atoms with Gasteiger partial charge in [-0.25, -0.2) is 0 Å². The summed E-state index contributed by atoms with van der Waals surface area (Å²) >= 11 is 0. The fraction of sp³-hybridized carbons (Fsp3) is 0.692. The third kappa shape index (κ3) is 4.11. The molecule has 1 aromatic rings. The van der Waals surface area contributed by atoms with E-state index in [2.05, 4.69) is 15.0 Å². The molecule has 0 atom stereocenters. The summed E-state index contributed by atoms with van der Waals surface area (Å²) < 4.78 is 16.2. The van der Waals surface area contributed by atoms with Crippen LogP contribution in [0.4, 0.5) is 11.9 Å². The molecule has 0 unspecified atom stereocenters. The van der Waals surface area contributed by atoms with E-state index >= 15 is 0 Å². The molecule has 2 aliphatic rings. The molecule has 0 bridgehead atoms. The fourth-order valence-corrected chi connectivity index (χ4v) is 2.38. The molecule has 11 nitrogen and oxygen atoms in total. The minimum Gasteiger partial charge on any atom is -0.450 e. The zero-order valence-corrected chi connectivity index (χ0v) is 13.3. The molecule has 132 valence electrons. The van der Waals surface area contributed by atoms with Crippen LogP contribution in [0.25, 0.3) is 0 Å². The Hall–Kier alpha value is -2.40. The molecule has 0 aliphatic carbocycles. The number of nitrogens with one attached hydrogen (secondary N) is 1. The number of ether oxygens (including phenoxy) is 3. The lowest BCUT2D eigenvalue weighted by Crippen LogP contribution is -2.73. The van der Waals surface area contributed by atoms with E-state index in [4.69, 9.17) is 25.2 Å². The first-order valence-electron chi connectivity index (χ1n) is 7.82. The second kappa shape index (κ2) is 7.93. The van der Waals surface area contributed by atoms with Crippen molar-refractivity contribution < 1.29 is 24.6 Å². The van der Waals surface area contributed by atoms with Gasteiger partial charge in [0, 0.05) is 26.2 Å². The standard InChI is InChI=1S/C13H21N7O4/c14-10(18-21)9-24-13-16-11(19-1-5-22-6-2-19)15-12(17-13)20-3-7-23-8-4-20/h21H,1-9H2,(H2,14,18)/p+1. The average molecular weight is 340 g/mol. The molecular weight excluding hydrogens is 318 g/mol. The van der Waals surface area contributed by atoms with Gasteiger partial charge < -0.3 is 29.2 Å². The van der Waals surface area contributed by atoms with Crippen molar-refractivity contribution in [1.82, 2.24) is 15.0 Å². The van der Waals surface area contributed by atoms with Crippen molar-refractivity contribution in [2.45, 2.75) is 0 Å². The SMILES string of the molecule is NC(COc1nc(N2CCOCC2)nc(N2CCOCC2)n1)=[NH+]O. The predicted octanol–water partition coefficient (Wildman–Crippen LogP) is -3.25. The summed E-state index contributed by atoms with van der Waals surface area (Å²) in [5.41, 5.74) is 5.49. The van der Waals surface area contributed by atoms with Crippen LogP contribution in [0, 0.1) is 0 Å². The maximum absolute atomic E-state index is 8.74. The topological polar surface area (TPSA) is 133 Å².